The SMILES string of the molecule is CN(C[C@H](CCN1CCC(N(CC2CCCCC2)C(=O)OCc2ccccc2)CC1)c1ccccc1)S(=O)(=O)c1ccccc1. The number of likely N-dealkylation sites (tertiary alicyclic amines) is 1. The molecule has 0 bridgehead atoms. The number of nitrogens with zero attached hydrogens (tertiary/aromatic N) is 3. The van der Waals surface area contributed by atoms with Gasteiger partial charge in [0.15, 0.2) is 0 Å². The minimum absolute atomic E-state index is 0.0724. The third kappa shape index (κ3) is 9.41. The Kier molecular flexibility index (Phi) is 12.1. The summed E-state index contributed by atoms with van der Waals surface area (Å²) in [7, 11) is -1.89. The van der Waals surface area contributed by atoms with Crippen LogP contribution in [0.5, 0.6) is 0 Å². The van der Waals surface area contributed by atoms with Crippen molar-refractivity contribution < 1.29 is 17.9 Å². The molecule has 7 nitrogen and oxygen atoms in total. The van der Waals surface area contributed by atoms with Gasteiger partial charge in [0, 0.05) is 39.3 Å². The molecular weight excluding hydrogens is 582 g/mol. The van der Waals surface area contributed by atoms with E-state index in [2.05, 4.69) is 17.0 Å². The van der Waals surface area contributed by atoms with Crippen LogP contribution in [-0.2, 0) is 21.4 Å². The maximum atomic E-state index is 13.5. The van der Waals surface area contributed by atoms with Crippen LogP contribution in [0.1, 0.15) is 68.4 Å². The molecule has 2 aliphatic rings. The van der Waals surface area contributed by atoms with E-state index in [-0.39, 0.29) is 18.1 Å². The molecule has 0 N–H and O–H groups in total. The molecule has 45 heavy (non-hydrogen) atoms. The number of rotatable bonds is 13. The zero-order valence-corrected chi connectivity index (χ0v) is 27.5. The second kappa shape index (κ2) is 16.4. The highest BCUT2D eigenvalue weighted by Gasteiger charge is 2.32. The van der Waals surface area contributed by atoms with E-state index in [9.17, 15) is 13.2 Å². The number of carbonyl (C=O) groups excluding carboxylic acids is 1. The van der Waals surface area contributed by atoms with E-state index in [1.54, 1.807) is 31.3 Å². The van der Waals surface area contributed by atoms with Crippen LogP contribution in [0.2, 0.25) is 0 Å². The fourth-order valence-electron chi connectivity index (χ4n) is 6.89. The van der Waals surface area contributed by atoms with Gasteiger partial charge in [0.2, 0.25) is 10.0 Å². The van der Waals surface area contributed by atoms with Crippen LogP contribution in [-0.4, -0.2) is 74.4 Å². The summed E-state index contributed by atoms with van der Waals surface area (Å²) in [5.74, 6) is 0.625. The van der Waals surface area contributed by atoms with Crippen molar-refractivity contribution >= 4 is 16.1 Å². The maximum Gasteiger partial charge on any atom is 0.410 e. The summed E-state index contributed by atoms with van der Waals surface area (Å²) in [6, 6.07) is 29.0. The van der Waals surface area contributed by atoms with E-state index < -0.39 is 10.0 Å². The minimum Gasteiger partial charge on any atom is -0.445 e. The molecule has 1 aliphatic carbocycles. The highest BCUT2D eigenvalue weighted by molar-refractivity contribution is 7.89. The van der Waals surface area contributed by atoms with Crippen molar-refractivity contribution in [1.82, 2.24) is 14.1 Å². The Morgan fingerprint density at radius 2 is 1.44 bits per heavy atom. The molecular formula is C37H49N3O4S. The van der Waals surface area contributed by atoms with Gasteiger partial charge in [0.05, 0.1) is 4.90 Å². The molecule has 0 unspecified atom stereocenters. The molecule has 5 rings (SSSR count). The van der Waals surface area contributed by atoms with Crippen LogP contribution >= 0.6 is 0 Å². The summed E-state index contributed by atoms with van der Waals surface area (Å²) >= 11 is 0. The van der Waals surface area contributed by atoms with Crippen molar-refractivity contribution in [2.24, 2.45) is 5.92 Å². The third-order valence-electron chi connectivity index (χ3n) is 9.61. The number of hydrogen-bond acceptors (Lipinski definition) is 5. The van der Waals surface area contributed by atoms with Crippen molar-refractivity contribution in [3.8, 4) is 0 Å². The first-order valence-corrected chi connectivity index (χ1v) is 18.1. The lowest BCUT2D eigenvalue weighted by Crippen LogP contribution is -2.49. The molecule has 0 spiro atoms. The third-order valence-corrected chi connectivity index (χ3v) is 11.4. The Labute approximate surface area is 270 Å². The minimum atomic E-state index is -3.57. The Balaban J connectivity index is 1.19. The molecule has 1 saturated heterocycles. The lowest BCUT2D eigenvalue weighted by atomic mass is 9.88. The normalized spacial score (nSPS) is 17.6. The molecule has 0 radical (unpaired) electrons. The predicted molar refractivity (Wildman–Crippen MR) is 179 cm³/mol. The topological polar surface area (TPSA) is 70.2 Å². The van der Waals surface area contributed by atoms with Crippen LogP contribution in [0.25, 0.3) is 0 Å². The summed E-state index contributed by atoms with van der Waals surface area (Å²) in [4.78, 5) is 18.3. The fourth-order valence-corrected chi connectivity index (χ4v) is 8.12. The Hall–Kier alpha value is -3.20. The molecule has 8 heteroatoms. The average Bonchev–Trinajstić information content (AvgIpc) is 3.10. The van der Waals surface area contributed by atoms with Gasteiger partial charge < -0.3 is 14.5 Å². The molecule has 3 aromatic rings. The second-order valence-corrected chi connectivity index (χ2v) is 14.8. The van der Waals surface area contributed by atoms with E-state index >= 15 is 0 Å². The van der Waals surface area contributed by atoms with Crippen molar-refractivity contribution in [2.45, 2.75) is 74.8 Å². The van der Waals surface area contributed by atoms with Crippen LogP contribution in [0.3, 0.4) is 0 Å². The molecule has 1 saturated carbocycles. The van der Waals surface area contributed by atoms with E-state index in [0.29, 0.717) is 24.0 Å². The first-order valence-electron chi connectivity index (χ1n) is 16.7. The summed E-state index contributed by atoms with van der Waals surface area (Å²) in [5.41, 5.74) is 2.16. The van der Waals surface area contributed by atoms with E-state index in [1.807, 2.05) is 59.5 Å². The standard InChI is InChI=1S/C37H49N3O4S/c1-38(45(42,43)36-20-12-5-13-21-36)29-34(33-18-10-4-11-19-33)22-25-39-26-23-35(24-27-39)40(28-31-14-6-2-7-15-31)37(41)44-30-32-16-8-3-9-17-32/h3-5,8-13,16-21,31,34-35H,2,6-7,14-15,22-30H2,1H3/t34-/m0/s1. The largest absolute Gasteiger partial charge is 0.445 e. The fraction of sp³-hybridized carbons (Fsp3) is 0.486. The van der Waals surface area contributed by atoms with Gasteiger partial charge in [-0.3, -0.25) is 0 Å². The molecule has 1 amide bonds. The number of piperidine rings is 1. The summed E-state index contributed by atoms with van der Waals surface area (Å²) < 4.78 is 34.0. The summed E-state index contributed by atoms with van der Waals surface area (Å²) in [5, 5.41) is 0. The van der Waals surface area contributed by atoms with Gasteiger partial charge >= 0.3 is 6.09 Å². The molecule has 0 aromatic heterocycles. The quantitative estimate of drug-likeness (QED) is 0.200. The zero-order valence-electron chi connectivity index (χ0n) is 26.7. The van der Waals surface area contributed by atoms with Crippen molar-refractivity contribution in [3.63, 3.8) is 0 Å². The smallest absolute Gasteiger partial charge is 0.410 e. The Bertz CT molecular complexity index is 1410. The Morgan fingerprint density at radius 3 is 2.09 bits per heavy atom. The van der Waals surface area contributed by atoms with Crippen molar-refractivity contribution in [3.05, 3.63) is 102 Å². The van der Waals surface area contributed by atoms with Gasteiger partial charge in [0.1, 0.15) is 6.61 Å². The second-order valence-electron chi connectivity index (χ2n) is 12.8. The monoisotopic (exact) mass is 631 g/mol. The van der Waals surface area contributed by atoms with Gasteiger partial charge in [-0.25, -0.2) is 17.5 Å². The van der Waals surface area contributed by atoms with Crippen molar-refractivity contribution in [2.75, 3.05) is 39.8 Å². The van der Waals surface area contributed by atoms with Crippen LogP contribution < -0.4 is 0 Å². The van der Waals surface area contributed by atoms with Crippen molar-refractivity contribution in [1.29, 1.82) is 0 Å². The number of ether oxygens (including phenoxy) is 1. The average molecular weight is 632 g/mol. The predicted octanol–water partition coefficient (Wildman–Crippen LogP) is 7.16. The van der Waals surface area contributed by atoms with E-state index in [0.717, 1.165) is 56.6 Å². The number of carbonyl (C=O) groups is 1. The van der Waals surface area contributed by atoms with Crippen LogP contribution in [0.4, 0.5) is 4.79 Å². The van der Waals surface area contributed by atoms with Gasteiger partial charge in [-0.15, -0.1) is 0 Å². The first-order chi connectivity index (χ1) is 21.9. The molecule has 1 aliphatic heterocycles. The number of sulfonamides is 1. The molecule has 3 aromatic carbocycles. The zero-order chi connectivity index (χ0) is 31.5. The molecule has 242 valence electrons. The van der Waals surface area contributed by atoms with E-state index in [1.165, 1.54) is 36.4 Å². The summed E-state index contributed by atoms with van der Waals surface area (Å²) in [6.45, 7) is 4.22. The van der Waals surface area contributed by atoms with Crippen LogP contribution in [0, 0.1) is 5.92 Å². The number of amides is 1. The maximum absolute atomic E-state index is 13.5. The van der Waals surface area contributed by atoms with E-state index in [4.69, 9.17) is 4.74 Å². The van der Waals surface area contributed by atoms with Gasteiger partial charge in [-0.2, -0.15) is 0 Å². The summed E-state index contributed by atoms with van der Waals surface area (Å²) in [6.07, 6.45) is 8.69. The van der Waals surface area contributed by atoms with Gasteiger partial charge in [-0.05, 0) is 73.7 Å². The highest BCUT2D eigenvalue weighted by Crippen LogP contribution is 2.29. The lowest BCUT2D eigenvalue weighted by molar-refractivity contribution is 0.0497. The number of benzene rings is 3. The van der Waals surface area contributed by atoms with Gasteiger partial charge in [-0.1, -0.05) is 98.1 Å². The first kappa shape index (κ1) is 33.2. The number of likely N-dealkylation sites (N-methyl/N-ethyl adjacent to an activating group) is 1. The lowest BCUT2D eigenvalue weighted by Gasteiger charge is -2.40. The molecule has 2 fully saturated rings. The highest BCUT2D eigenvalue weighted by atomic mass is 32.2. The Morgan fingerprint density at radius 1 is 0.844 bits per heavy atom. The number of hydrogen-bond donors (Lipinski definition) is 0. The molecule has 1 heterocycles. The molecule has 1 atom stereocenters. The van der Waals surface area contributed by atoms with Crippen LogP contribution in [0.15, 0.2) is 95.9 Å². The van der Waals surface area contributed by atoms with Gasteiger partial charge in [0.25, 0.3) is 0 Å².